The van der Waals surface area contributed by atoms with Gasteiger partial charge in [-0.25, -0.2) is 4.79 Å². The summed E-state index contributed by atoms with van der Waals surface area (Å²) in [6.07, 6.45) is -0.353. The van der Waals surface area contributed by atoms with Crippen LogP contribution in [0.2, 0.25) is 0 Å². The van der Waals surface area contributed by atoms with Crippen LogP contribution in [-0.4, -0.2) is 49.2 Å². The topological polar surface area (TPSA) is 55.8 Å². The number of hydrogen-bond acceptors (Lipinski definition) is 4. The van der Waals surface area contributed by atoms with Crippen molar-refractivity contribution in [1.82, 2.24) is 4.90 Å². The first-order valence-electron chi connectivity index (χ1n) is 5.33. The summed E-state index contributed by atoms with van der Waals surface area (Å²) in [6, 6.07) is 0. The Morgan fingerprint density at radius 1 is 1.31 bits per heavy atom. The maximum absolute atomic E-state index is 11.5. The molecule has 5 heteroatoms. The van der Waals surface area contributed by atoms with Crippen LogP contribution in [0.25, 0.3) is 0 Å². The molecule has 0 saturated carbocycles. The molecule has 1 fully saturated rings. The number of Topliss-reactive ketones (excluding diaryl/α,β-unsaturated/α-hetero) is 1. The highest BCUT2D eigenvalue weighted by Gasteiger charge is 2.37. The Bertz CT molecular complexity index is 276. The number of hydrogen-bond donors (Lipinski definition) is 0. The normalized spacial score (nSPS) is 16.9. The fourth-order valence-electron chi connectivity index (χ4n) is 1.42. The molecule has 0 aromatic rings. The summed E-state index contributed by atoms with van der Waals surface area (Å²) in [5.41, 5.74) is -0.487. The average molecular weight is 229 g/mol. The molecule has 92 valence electrons. The van der Waals surface area contributed by atoms with Gasteiger partial charge in [0.15, 0.2) is 5.78 Å². The van der Waals surface area contributed by atoms with Crippen LogP contribution in [0.4, 0.5) is 4.79 Å². The number of ketones is 1. The van der Waals surface area contributed by atoms with Crippen molar-refractivity contribution >= 4 is 11.9 Å². The summed E-state index contributed by atoms with van der Waals surface area (Å²) < 4.78 is 9.93. The van der Waals surface area contributed by atoms with Crippen molar-refractivity contribution in [1.29, 1.82) is 0 Å². The maximum Gasteiger partial charge on any atom is 0.410 e. The SMILES string of the molecule is COCC(=O)C1CN(C(=O)OC(C)(C)C)C1. The summed E-state index contributed by atoms with van der Waals surface area (Å²) >= 11 is 0. The Balaban J connectivity index is 2.30. The Kier molecular flexibility index (Phi) is 3.91. The zero-order chi connectivity index (χ0) is 12.3. The van der Waals surface area contributed by atoms with E-state index in [0.29, 0.717) is 13.1 Å². The van der Waals surface area contributed by atoms with Crippen molar-refractivity contribution in [2.75, 3.05) is 26.8 Å². The van der Waals surface area contributed by atoms with Crippen molar-refractivity contribution in [2.45, 2.75) is 26.4 Å². The van der Waals surface area contributed by atoms with E-state index in [1.807, 2.05) is 20.8 Å². The van der Waals surface area contributed by atoms with Gasteiger partial charge in [-0.15, -0.1) is 0 Å². The Morgan fingerprint density at radius 2 is 1.88 bits per heavy atom. The molecular weight excluding hydrogens is 210 g/mol. The van der Waals surface area contributed by atoms with Gasteiger partial charge in [0.05, 0.1) is 5.92 Å². The first-order valence-corrected chi connectivity index (χ1v) is 5.33. The molecule has 0 radical (unpaired) electrons. The summed E-state index contributed by atoms with van der Waals surface area (Å²) in [5, 5.41) is 0. The number of carbonyl (C=O) groups is 2. The van der Waals surface area contributed by atoms with Crippen molar-refractivity contribution in [3.05, 3.63) is 0 Å². The largest absolute Gasteiger partial charge is 0.444 e. The molecule has 1 heterocycles. The molecule has 0 aliphatic carbocycles. The molecule has 0 aromatic heterocycles. The van der Waals surface area contributed by atoms with Gasteiger partial charge in [0.25, 0.3) is 0 Å². The van der Waals surface area contributed by atoms with E-state index in [2.05, 4.69) is 0 Å². The van der Waals surface area contributed by atoms with E-state index in [4.69, 9.17) is 9.47 Å². The number of methoxy groups -OCH3 is 1. The van der Waals surface area contributed by atoms with E-state index in [1.54, 1.807) is 0 Å². The van der Waals surface area contributed by atoms with Crippen molar-refractivity contribution in [3.63, 3.8) is 0 Å². The maximum atomic E-state index is 11.5. The van der Waals surface area contributed by atoms with E-state index in [9.17, 15) is 9.59 Å². The second-order valence-electron chi connectivity index (χ2n) is 4.98. The quantitative estimate of drug-likeness (QED) is 0.726. The van der Waals surface area contributed by atoms with Gasteiger partial charge in [-0.05, 0) is 20.8 Å². The molecule has 1 rings (SSSR count). The van der Waals surface area contributed by atoms with Crippen LogP contribution in [-0.2, 0) is 14.3 Å². The smallest absolute Gasteiger partial charge is 0.410 e. The highest BCUT2D eigenvalue weighted by atomic mass is 16.6. The molecule has 0 unspecified atom stereocenters. The van der Waals surface area contributed by atoms with Crippen molar-refractivity contribution in [2.24, 2.45) is 5.92 Å². The molecule has 1 aliphatic rings. The molecule has 0 bridgehead atoms. The van der Waals surface area contributed by atoms with Gasteiger partial charge in [0, 0.05) is 20.2 Å². The zero-order valence-electron chi connectivity index (χ0n) is 10.3. The van der Waals surface area contributed by atoms with Crippen LogP contribution in [0.5, 0.6) is 0 Å². The molecule has 1 amide bonds. The monoisotopic (exact) mass is 229 g/mol. The summed E-state index contributed by atoms with van der Waals surface area (Å²) in [6.45, 7) is 6.45. The number of likely N-dealkylation sites (tertiary alicyclic amines) is 1. The Labute approximate surface area is 95.7 Å². The predicted octanol–water partition coefficient (Wildman–Crippen LogP) is 1.07. The summed E-state index contributed by atoms with van der Waals surface area (Å²) in [4.78, 5) is 24.4. The molecule has 16 heavy (non-hydrogen) atoms. The zero-order valence-corrected chi connectivity index (χ0v) is 10.3. The third kappa shape index (κ3) is 3.48. The average Bonchev–Trinajstić information content (AvgIpc) is 1.97. The number of ether oxygens (including phenoxy) is 2. The van der Waals surface area contributed by atoms with Crippen LogP contribution in [0.1, 0.15) is 20.8 Å². The van der Waals surface area contributed by atoms with Gasteiger partial charge in [-0.1, -0.05) is 0 Å². The molecule has 5 nitrogen and oxygen atoms in total. The minimum Gasteiger partial charge on any atom is -0.444 e. The molecule has 0 spiro atoms. The van der Waals surface area contributed by atoms with Crippen LogP contribution >= 0.6 is 0 Å². The summed E-state index contributed by atoms with van der Waals surface area (Å²) in [5.74, 6) is -0.0465. The third-order valence-electron chi connectivity index (χ3n) is 2.28. The molecule has 1 aliphatic heterocycles. The number of amides is 1. The van der Waals surface area contributed by atoms with E-state index in [1.165, 1.54) is 12.0 Å². The minimum absolute atomic E-state index is 0.0438. The molecule has 0 N–H and O–H groups in total. The van der Waals surface area contributed by atoms with Gasteiger partial charge in [0.2, 0.25) is 0 Å². The van der Waals surface area contributed by atoms with Crippen LogP contribution in [0, 0.1) is 5.92 Å². The molecular formula is C11H19NO4. The lowest BCUT2D eigenvalue weighted by Gasteiger charge is -2.38. The molecule has 0 atom stereocenters. The highest BCUT2D eigenvalue weighted by Crippen LogP contribution is 2.20. The summed E-state index contributed by atoms with van der Waals surface area (Å²) in [7, 11) is 1.49. The lowest BCUT2D eigenvalue weighted by molar-refractivity contribution is -0.131. The standard InChI is InChI=1S/C11H19NO4/c1-11(2,3)16-10(14)12-5-8(6-12)9(13)7-15-4/h8H,5-7H2,1-4H3. The molecule has 1 saturated heterocycles. The van der Waals surface area contributed by atoms with Gasteiger partial charge in [-0.2, -0.15) is 0 Å². The second kappa shape index (κ2) is 4.82. The van der Waals surface area contributed by atoms with Crippen molar-refractivity contribution in [3.8, 4) is 0 Å². The number of nitrogens with zero attached hydrogens (tertiary/aromatic N) is 1. The highest BCUT2D eigenvalue weighted by molar-refractivity contribution is 5.85. The van der Waals surface area contributed by atoms with Gasteiger partial charge in [0.1, 0.15) is 12.2 Å². The number of carbonyl (C=O) groups excluding carboxylic acids is 2. The Hall–Kier alpha value is -1.10. The lowest BCUT2D eigenvalue weighted by Crippen LogP contribution is -2.54. The second-order valence-corrected chi connectivity index (χ2v) is 4.98. The van der Waals surface area contributed by atoms with Crippen molar-refractivity contribution < 1.29 is 19.1 Å². The lowest BCUT2D eigenvalue weighted by atomic mass is 9.96. The fraction of sp³-hybridized carbons (Fsp3) is 0.818. The van der Waals surface area contributed by atoms with Gasteiger partial charge < -0.3 is 14.4 Å². The van der Waals surface area contributed by atoms with Crippen LogP contribution < -0.4 is 0 Å². The van der Waals surface area contributed by atoms with E-state index < -0.39 is 5.60 Å². The van der Waals surface area contributed by atoms with Gasteiger partial charge in [-0.3, -0.25) is 4.79 Å². The minimum atomic E-state index is -0.487. The first-order chi connectivity index (χ1) is 7.33. The number of rotatable bonds is 3. The van der Waals surface area contributed by atoms with E-state index in [-0.39, 0.29) is 24.4 Å². The first kappa shape index (κ1) is 13.0. The predicted molar refractivity (Wildman–Crippen MR) is 58.2 cm³/mol. The van der Waals surface area contributed by atoms with Gasteiger partial charge >= 0.3 is 6.09 Å². The van der Waals surface area contributed by atoms with Crippen LogP contribution in [0.3, 0.4) is 0 Å². The van der Waals surface area contributed by atoms with E-state index in [0.717, 1.165) is 0 Å². The third-order valence-corrected chi connectivity index (χ3v) is 2.28. The van der Waals surface area contributed by atoms with Crippen LogP contribution in [0.15, 0.2) is 0 Å². The molecule has 0 aromatic carbocycles. The Morgan fingerprint density at radius 3 is 2.31 bits per heavy atom. The van der Waals surface area contributed by atoms with E-state index >= 15 is 0 Å². The fourth-order valence-corrected chi connectivity index (χ4v) is 1.42.